The lowest BCUT2D eigenvalue weighted by molar-refractivity contribution is 0.524. The fourth-order valence-corrected chi connectivity index (χ4v) is 0.289. The van der Waals surface area contributed by atoms with E-state index >= 15 is 0 Å². The predicted octanol–water partition coefficient (Wildman–Crippen LogP) is 1.16. The van der Waals surface area contributed by atoms with Crippen LogP contribution in [0.5, 0.6) is 0 Å². The largest absolute Gasteiger partial charge is 0.324 e. The van der Waals surface area contributed by atoms with Crippen molar-refractivity contribution in [2.45, 2.75) is 0 Å². The van der Waals surface area contributed by atoms with Gasteiger partial charge in [-0.15, -0.1) is 13.2 Å². The standard InChI is InChI=1S/2C2H3.Al.HO2P/c2*1-2;;1-3-2/h2*1H,2H2;;(H,1,2). The average Bonchev–Trinajstić information content (AvgIpc) is 1.71. The van der Waals surface area contributed by atoms with E-state index in [1.54, 1.807) is 0 Å². The molecule has 1 N–H and O–H groups in total. The average molecular weight is 145 g/mol. The minimum Gasteiger partial charge on any atom is -0.310 e. The second-order valence-corrected chi connectivity index (χ2v) is 2.24. The summed E-state index contributed by atoms with van der Waals surface area (Å²) in [5.74, 6) is 0. The van der Waals surface area contributed by atoms with Gasteiger partial charge in [0.25, 0.3) is 15.2 Å². The normalized spacial score (nSPS) is 6.12. The molecule has 0 aromatic rings. The van der Waals surface area contributed by atoms with Crippen LogP contribution in [0.1, 0.15) is 0 Å². The summed E-state index contributed by atoms with van der Waals surface area (Å²) in [6, 6.07) is 0. The number of rotatable bonds is 2. The Balaban J connectivity index is 0. The topological polar surface area (TPSA) is 37.3 Å². The van der Waals surface area contributed by atoms with Crippen LogP contribution < -0.4 is 0 Å². The van der Waals surface area contributed by atoms with Gasteiger partial charge in [0.1, 0.15) is 0 Å². The molecule has 0 bridgehead atoms. The summed E-state index contributed by atoms with van der Waals surface area (Å²) >= 11 is 0.343. The highest BCUT2D eigenvalue weighted by molar-refractivity contribution is 7.16. The molecule has 43 valence electrons. The van der Waals surface area contributed by atoms with Crippen molar-refractivity contribution in [1.82, 2.24) is 0 Å². The molecule has 8 heavy (non-hydrogen) atoms. The minimum atomic E-state index is -0.833. The summed E-state index contributed by atoms with van der Waals surface area (Å²) in [5.41, 5.74) is 0. The van der Waals surface area contributed by atoms with E-state index in [1.165, 1.54) is 0 Å². The molecule has 0 spiro atoms. The Bertz CT molecular complexity index is 68.4. The Hall–Kier alpha value is 0.0725. The van der Waals surface area contributed by atoms with E-state index in [0.29, 0.717) is 15.2 Å². The van der Waals surface area contributed by atoms with E-state index in [2.05, 4.69) is 13.2 Å². The third-order valence-corrected chi connectivity index (χ3v) is 0.816. The zero-order valence-electron chi connectivity index (χ0n) is 4.45. The third-order valence-electron chi connectivity index (χ3n) is 0.272. The highest BCUT2D eigenvalue weighted by Gasteiger charge is 1.62. The molecule has 0 atom stereocenters. The monoisotopic (exact) mass is 145 g/mol. The Morgan fingerprint density at radius 1 is 1.50 bits per heavy atom. The van der Waals surface area contributed by atoms with E-state index in [9.17, 15) is 0 Å². The maximum absolute atomic E-state index is 8.46. The summed E-state index contributed by atoms with van der Waals surface area (Å²) in [5, 5.41) is 0. The van der Waals surface area contributed by atoms with Gasteiger partial charge in [-0.2, -0.15) is 9.88 Å². The number of hydrogen-bond donors (Lipinski definition) is 1. The van der Waals surface area contributed by atoms with Gasteiger partial charge < -0.3 is 4.89 Å². The van der Waals surface area contributed by atoms with E-state index < -0.39 is 8.69 Å². The van der Waals surface area contributed by atoms with E-state index in [1.807, 2.05) is 9.88 Å². The minimum absolute atomic E-state index is 0.343. The third kappa shape index (κ3) is 36.4. The Labute approximate surface area is 56.9 Å². The first-order chi connectivity index (χ1) is 3.83. The molecule has 0 saturated heterocycles. The van der Waals surface area contributed by atoms with E-state index in [4.69, 9.17) is 9.46 Å². The van der Waals surface area contributed by atoms with Gasteiger partial charge in [-0.3, -0.25) is 0 Å². The van der Waals surface area contributed by atoms with Gasteiger partial charge in [0, 0.05) is 0 Å². The highest BCUT2D eigenvalue weighted by Crippen LogP contribution is 1.66. The van der Waals surface area contributed by atoms with Gasteiger partial charge in [-0.1, -0.05) is 0 Å². The smallest absolute Gasteiger partial charge is 0.310 e. The predicted molar refractivity (Wildman–Crippen MR) is 36.0 cm³/mol. The molecule has 0 unspecified atom stereocenters. The van der Waals surface area contributed by atoms with Gasteiger partial charge in [0.05, 0.1) is 0 Å². The maximum Gasteiger partial charge on any atom is 0.324 e. The molecule has 0 aromatic heterocycles. The van der Waals surface area contributed by atoms with Crippen LogP contribution in [0, 0.1) is 0 Å². The summed E-state index contributed by atoms with van der Waals surface area (Å²) in [6.45, 7) is 7.03. The van der Waals surface area contributed by atoms with Crippen LogP contribution in [-0.4, -0.2) is 20.1 Å². The molecule has 2 nitrogen and oxygen atoms in total. The van der Waals surface area contributed by atoms with E-state index in [0.717, 1.165) is 0 Å². The van der Waals surface area contributed by atoms with Crippen LogP contribution in [0.4, 0.5) is 0 Å². The van der Waals surface area contributed by atoms with Crippen molar-refractivity contribution < 1.29 is 9.46 Å². The van der Waals surface area contributed by atoms with Gasteiger partial charge in [0.15, 0.2) is 0 Å². The quantitative estimate of drug-likeness (QED) is 0.467. The lowest BCUT2D eigenvalue weighted by atomic mass is 11.2. The van der Waals surface area contributed by atoms with Gasteiger partial charge in [-0.05, 0) is 0 Å². The zero-order valence-corrected chi connectivity index (χ0v) is 6.50. The summed E-state index contributed by atoms with van der Waals surface area (Å²) in [4.78, 5) is 10.8. The zero-order chi connectivity index (χ0) is 6.83. The first-order valence-electron chi connectivity index (χ1n) is 1.87. The summed E-state index contributed by atoms with van der Waals surface area (Å²) < 4.78 is 8.46. The molecule has 0 aliphatic carbocycles. The molecule has 0 heterocycles. The van der Waals surface area contributed by atoms with Crippen molar-refractivity contribution in [2.24, 2.45) is 0 Å². The Morgan fingerprint density at radius 2 is 1.75 bits per heavy atom. The molecule has 0 saturated carbocycles. The molecule has 0 aliphatic rings. The van der Waals surface area contributed by atoms with Crippen LogP contribution in [0.25, 0.3) is 0 Å². The molecule has 1 radical (unpaired) electrons. The van der Waals surface area contributed by atoms with Crippen molar-refractivity contribution >= 4 is 23.9 Å². The fraction of sp³-hybridized carbons (Fsp3) is 0. The lowest BCUT2D eigenvalue weighted by Gasteiger charge is -1.58. The molecular formula is C4H7AlO2P. The second-order valence-electron chi connectivity index (χ2n) is 0.746. The van der Waals surface area contributed by atoms with Crippen molar-refractivity contribution in [2.75, 3.05) is 0 Å². The molecule has 0 amide bonds. The van der Waals surface area contributed by atoms with Crippen LogP contribution in [0.2, 0.25) is 0 Å². The first kappa shape index (κ1) is 11.0. The van der Waals surface area contributed by atoms with Gasteiger partial charge in [0.2, 0.25) is 0 Å². The highest BCUT2D eigenvalue weighted by atomic mass is 31.1. The van der Waals surface area contributed by atoms with Crippen molar-refractivity contribution in [1.29, 1.82) is 0 Å². The van der Waals surface area contributed by atoms with Crippen molar-refractivity contribution in [3.63, 3.8) is 0 Å². The van der Waals surface area contributed by atoms with Crippen LogP contribution in [0.15, 0.2) is 23.0 Å². The maximum atomic E-state index is 8.46. The molecule has 4 heteroatoms. The van der Waals surface area contributed by atoms with Crippen LogP contribution >= 0.6 is 8.69 Å². The van der Waals surface area contributed by atoms with Gasteiger partial charge in [-0.25, -0.2) is 4.57 Å². The molecule has 0 rings (SSSR count). The van der Waals surface area contributed by atoms with Crippen molar-refractivity contribution in [3.8, 4) is 0 Å². The molecular weight excluding hydrogens is 138 g/mol. The van der Waals surface area contributed by atoms with Crippen LogP contribution in [-0.2, 0) is 4.57 Å². The van der Waals surface area contributed by atoms with E-state index in [-0.39, 0.29) is 0 Å². The molecule has 0 aromatic carbocycles. The Kier molecular flexibility index (Phi) is 21.5. The fourth-order valence-electron chi connectivity index (χ4n) is 0.0962. The SMILES string of the molecule is C=[CH][Al][CH]=C.O=PO. The van der Waals surface area contributed by atoms with Crippen molar-refractivity contribution in [3.05, 3.63) is 23.0 Å². The van der Waals surface area contributed by atoms with Crippen LogP contribution in [0.3, 0.4) is 0 Å². The lowest BCUT2D eigenvalue weighted by Crippen LogP contribution is -1.67. The Morgan fingerprint density at radius 3 is 1.75 bits per heavy atom. The summed E-state index contributed by atoms with van der Waals surface area (Å²) in [6.07, 6.45) is 0. The molecule has 0 fully saturated rings. The number of hydrogen-bond acceptors (Lipinski definition) is 1. The summed E-state index contributed by atoms with van der Waals surface area (Å²) in [7, 11) is -0.833. The van der Waals surface area contributed by atoms with Gasteiger partial charge >= 0.3 is 8.69 Å². The second kappa shape index (κ2) is 15.7. The first-order valence-corrected chi connectivity index (χ1v) is 3.96. The molecule has 0 aliphatic heterocycles.